The molecule has 6 rings (SSSR count). The summed E-state index contributed by atoms with van der Waals surface area (Å²) in [5.41, 5.74) is 1.01. The number of carbonyl (C=O) groups excluding carboxylic acids is 1. The topological polar surface area (TPSA) is 109 Å². The Morgan fingerprint density at radius 1 is 1.05 bits per heavy atom. The van der Waals surface area contributed by atoms with Crippen LogP contribution < -0.4 is 10.2 Å². The molecule has 1 aliphatic carbocycles. The van der Waals surface area contributed by atoms with E-state index in [1.807, 2.05) is 9.80 Å². The van der Waals surface area contributed by atoms with Crippen LogP contribution in [0.2, 0.25) is 0 Å². The predicted molar refractivity (Wildman–Crippen MR) is 137 cm³/mol. The molecule has 0 bridgehead atoms. The molecule has 4 heterocycles. The highest BCUT2D eigenvalue weighted by atomic mass is 19.3. The summed E-state index contributed by atoms with van der Waals surface area (Å²) in [6, 6.07) is 8.65. The number of aliphatic hydroxyl groups is 1. The van der Waals surface area contributed by atoms with E-state index in [9.17, 15) is 18.7 Å². The van der Waals surface area contributed by atoms with Crippen LogP contribution in [0.1, 0.15) is 37.9 Å². The number of nitrogens with zero attached hydrogens (tertiary/aromatic N) is 6. The summed E-state index contributed by atoms with van der Waals surface area (Å²) >= 11 is 0. The third kappa shape index (κ3) is 4.90. The van der Waals surface area contributed by atoms with Crippen LogP contribution in [-0.2, 0) is 9.53 Å². The molecule has 0 radical (unpaired) electrons. The van der Waals surface area contributed by atoms with Crippen LogP contribution in [0.15, 0.2) is 30.3 Å². The van der Waals surface area contributed by atoms with Crippen molar-refractivity contribution < 1.29 is 23.4 Å². The molecule has 38 heavy (non-hydrogen) atoms. The minimum absolute atomic E-state index is 0.0116. The van der Waals surface area contributed by atoms with Gasteiger partial charge in [-0.3, -0.25) is 9.36 Å². The van der Waals surface area contributed by atoms with Crippen LogP contribution >= 0.6 is 0 Å². The van der Waals surface area contributed by atoms with Gasteiger partial charge in [-0.15, -0.1) is 0 Å². The number of benzene rings is 1. The van der Waals surface area contributed by atoms with Crippen LogP contribution in [0.5, 0.6) is 0 Å². The van der Waals surface area contributed by atoms with Gasteiger partial charge in [-0.2, -0.15) is 9.97 Å². The Labute approximate surface area is 218 Å². The second-order valence-electron chi connectivity index (χ2n) is 10.2. The van der Waals surface area contributed by atoms with Gasteiger partial charge in [0.15, 0.2) is 5.82 Å². The normalized spacial score (nSPS) is 22.6. The lowest BCUT2D eigenvalue weighted by Crippen LogP contribution is -2.58. The molecule has 3 fully saturated rings. The SMILES string of the molecule is O=C([C@H]1CC[C@H](O)CC1)N1CC(Nc2cc(-n3c(C(F)F)nc4ccccc43)nc(N3CCOCC3)n2)C1. The Balaban J connectivity index is 1.26. The molecule has 202 valence electrons. The van der Waals surface area contributed by atoms with Crippen molar-refractivity contribution in [3.8, 4) is 5.82 Å². The highest BCUT2D eigenvalue weighted by Gasteiger charge is 2.36. The van der Waals surface area contributed by atoms with Crippen molar-refractivity contribution in [2.45, 2.75) is 44.3 Å². The second-order valence-corrected chi connectivity index (χ2v) is 10.2. The van der Waals surface area contributed by atoms with Crippen molar-refractivity contribution in [2.75, 3.05) is 49.6 Å². The summed E-state index contributed by atoms with van der Waals surface area (Å²) in [7, 11) is 0. The molecule has 2 N–H and O–H groups in total. The number of amides is 1. The van der Waals surface area contributed by atoms with Gasteiger partial charge in [0, 0.05) is 38.2 Å². The monoisotopic (exact) mass is 527 g/mol. The van der Waals surface area contributed by atoms with Gasteiger partial charge in [0.25, 0.3) is 6.43 Å². The first-order chi connectivity index (χ1) is 18.5. The van der Waals surface area contributed by atoms with Crippen molar-refractivity contribution >= 4 is 28.7 Å². The Morgan fingerprint density at radius 3 is 2.53 bits per heavy atom. The van der Waals surface area contributed by atoms with E-state index in [0.29, 0.717) is 80.9 Å². The van der Waals surface area contributed by atoms with Gasteiger partial charge < -0.3 is 25.0 Å². The fourth-order valence-electron chi connectivity index (χ4n) is 5.49. The molecule has 0 atom stereocenters. The fraction of sp³-hybridized carbons (Fsp3) is 0.538. The Bertz CT molecular complexity index is 1300. The van der Waals surface area contributed by atoms with Crippen LogP contribution in [0.3, 0.4) is 0 Å². The van der Waals surface area contributed by atoms with Gasteiger partial charge in [0.1, 0.15) is 11.6 Å². The first-order valence-corrected chi connectivity index (χ1v) is 13.2. The lowest BCUT2D eigenvalue weighted by molar-refractivity contribution is -0.141. The number of carbonyl (C=O) groups is 1. The maximum atomic E-state index is 14.1. The number of alkyl halides is 2. The molecular weight excluding hydrogens is 496 g/mol. The third-order valence-corrected chi connectivity index (χ3v) is 7.60. The molecule has 3 aromatic rings. The van der Waals surface area contributed by atoms with Crippen molar-refractivity contribution in [1.29, 1.82) is 0 Å². The Kier molecular flexibility index (Phi) is 6.83. The van der Waals surface area contributed by atoms with E-state index in [1.54, 1.807) is 30.3 Å². The smallest absolute Gasteiger partial charge is 0.296 e. The summed E-state index contributed by atoms with van der Waals surface area (Å²) < 4.78 is 35.0. The summed E-state index contributed by atoms with van der Waals surface area (Å²) in [6.07, 6.45) is -0.299. The molecule has 0 spiro atoms. The van der Waals surface area contributed by atoms with Gasteiger partial charge in [-0.05, 0) is 37.8 Å². The van der Waals surface area contributed by atoms with Crippen molar-refractivity contribution in [1.82, 2.24) is 24.4 Å². The Hall–Kier alpha value is -3.38. The fourth-order valence-corrected chi connectivity index (χ4v) is 5.49. The molecule has 1 aromatic carbocycles. The van der Waals surface area contributed by atoms with Gasteiger partial charge in [-0.1, -0.05) is 12.1 Å². The summed E-state index contributed by atoms with van der Waals surface area (Å²) in [5.74, 6) is 0.980. The quantitative estimate of drug-likeness (QED) is 0.504. The van der Waals surface area contributed by atoms with E-state index < -0.39 is 6.43 Å². The molecule has 12 heteroatoms. The van der Waals surface area contributed by atoms with E-state index in [1.165, 1.54) is 4.57 Å². The maximum absolute atomic E-state index is 14.1. The molecule has 2 saturated heterocycles. The third-order valence-electron chi connectivity index (χ3n) is 7.60. The number of rotatable bonds is 6. The molecule has 0 unspecified atom stereocenters. The lowest BCUT2D eigenvalue weighted by Gasteiger charge is -2.42. The number of hydrogen-bond donors (Lipinski definition) is 2. The average Bonchev–Trinajstić information content (AvgIpc) is 3.31. The van der Waals surface area contributed by atoms with E-state index in [-0.39, 0.29) is 29.8 Å². The van der Waals surface area contributed by atoms with Crippen LogP contribution in [0.4, 0.5) is 20.5 Å². The number of ether oxygens (including phenoxy) is 1. The summed E-state index contributed by atoms with van der Waals surface area (Å²) in [4.78, 5) is 30.2. The highest BCUT2D eigenvalue weighted by molar-refractivity contribution is 5.80. The van der Waals surface area contributed by atoms with Crippen molar-refractivity contribution in [3.05, 3.63) is 36.2 Å². The van der Waals surface area contributed by atoms with E-state index in [0.717, 1.165) is 12.8 Å². The van der Waals surface area contributed by atoms with E-state index in [2.05, 4.69) is 15.3 Å². The van der Waals surface area contributed by atoms with Crippen LogP contribution in [0, 0.1) is 5.92 Å². The van der Waals surface area contributed by atoms with Gasteiger partial charge >= 0.3 is 0 Å². The molecule has 2 aliphatic heterocycles. The Morgan fingerprint density at radius 2 is 1.79 bits per heavy atom. The zero-order valence-corrected chi connectivity index (χ0v) is 21.0. The largest absolute Gasteiger partial charge is 0.393 e. The van der Waals surface area contributed by atoms with Crippen molar-refractivity contribution in [2.24, 2.45) is 5.92 Å². The van der Waals surface area contributed by atoms with Gasteiger partial charge in [0.2, 0.25) is 11.9 Å². The predicted octanol–water partition coefficient (Wildman–Crippen LogP) is 2.76. The van der Waals surface area contributed by atoms with Crippen LogP contribution in [0.25, 0.3) is 16.9 Å². The molecule has 3 aliphatic rings. The van der Waals surface area contributed by atoms with Crippen molar-refractivity contribution in [3.63, 3.8) is 0 Å². The standard InChI is InChI=1S/C26H31F2N7O3/c27-23(28)24-30-19-3-1-2-4-20(19)35(24)22-13-21(31-26(32-22)33-9-11-38-12-10-33)29-17-14-34(15-17)25(37)16-5-7-18(36)8-6-16/h1-4,13,16-18,23,36H,5-12,14-15H2,(H,29,31,32)/t16-,18-. The summed E-state index contributed by atoms with van der Waals surface area (Å²) in [6.45, 7) is 3.34. The minimum atomic E-state index is -2.78. The zero-order chi connectivity index (χ0) is 26.2. The number of aliphatic hydroxyl groups excluding tert-OH is 1. The maximum Gasteiger partial charge on any atom is 0.296 e. The second kappa shape index (κ2) is 10.4. The number of nitrogens with one attached hydrogen (secondary N) is 1. The first kappa shape index (κ1) is 24.9. The number of para-hydroxylation sites is 2. The highest BCUT2D eigenvalue weighted by Crippen LogP contribution is 2.31. The number of fused-ring (bicyclic) bond motifs is 1. The lowest BCUT2D eigenvalue weighted by atomic mass is 9.86. The van der Waals surface area contributed by atoms with Crippen LogP contribution in [-0.4, -0.2) is 87.0 Å². The first-order valence-electron chi connectivity index (χ1n) is 13.2. The number of likely N-dealkylation sites (tertiary alicyclic amines) is 1. The van der Waals surface area contributed by atoms with Gasteiger partial charge in [0.05, 0.1) is 36.4 Å². The van der Waals surface area contributed by atoms with Gasteiger partial charge in [-0.25, -0.2) is 13.8 Å². The number of aromatic nitrogens is 4. The minimum Gasteiger partial charge on any atom is -0.393 e. The zero-order valence-electron chi connectivity index (χ0n) is 21.0. The van der Waals surface area contributed by atoms with E-state index >= 15 is 0 Å². The molecular formula is C26H31F2N7O3. The number of anilines is 2. The number of hydrogen-bond acceptors (Lipinski definition) is 8. The molecule has 1 amide bonds. The molecule has 1 saturated carbocycles. The van der Waals surface area contributed by atoms with E-state index in [4.69, 9.17) is 9.72 Å². The molecule has 10 nitrogen and oxygen atoms in total. The average molecular weight is 528 g/mol. The number of imidazole rings is 1. The molecule has 2 aromatic heterocycles. The summed E-state index contributed by atoms with van der Waals surface area (Å²) in [5, 5.41) is 13.1. The number of morpholine rings is 1. The number of halogens is 2.